The minimum atomic E-state index is -0.358. The van der Waals surface area contributed by atoms with E-state index >= 15 is 0 Å². The van der Waals surface area contributed by atoms with Gasteiger partial charge in [0, 0.05) is 10.6 Å². The number of halogens is 1. The number of carbonyl (C=O) groups is 1. The first kappa shape index (κ1) is 12.8. The molecule has 2 aromatic rings. The number of esters is 1. The molecular weight excluding hydrogens is 276 g/mol. The van der Waals surface area contributed by atoms with Gasteiger partial charge in [0.2, 0.25) is 0 Å². The van der Waals surface area contributed by atoms with Crippen molar-refractivity contribution in [3.05, 3.63) is 70.4 Å². The summed E-state index contributed by atoms with van der Waals surface area (Å²) in [4.78, 5) is 11.7. The van der Waals surface area contributed by atoms with E-state index in [1.165, 1.54) is 6.26 Å². The maximum atomic E-state index is 11.7. The number of aryl methyl sites for hydroxylation is 1. The molecule has 0 radical (unpaired) electrons. The Bertz CT molecular complexity index is 719. The lowest BCUT2D eigenvalue weighted by Gasteiger charge is -2.05. The molecule has 0 fully saturated rings. The molecule has 4 heteroatoms. The number of rotatable bonds is 2. The van der Waals surface area contributed by atoms with Crippen LogP contribution in [0.15, 0.2) is 48.7 Å². The van der Waals surface area contributed by atoms with Crippen LogP contribution in [0.3, 0.4) is 0 Å². The second-order valence-electron chi connectivity index (χ2n) is 4.44. The lowest BCUT2D eigenvalue weighted by molar-refractivity contribution is 0.0712. The molecule has 0 N–H and O–H groups in total. The highest BCUT2D eigenvalue weighted by molar-refractivity contribution is 6.30. The van der Waals surface area contributed by atoms with Crippen molar-refractivity contribution in [3.8, 4) is 5.75 Å². The average molecular weight is 287 g/mol. The van der Waals surface area contributed by atoms with Gasteiger partial charge in [-0.15, -0.1) is 0 Å². The van der Waals surface area contributed by atoms with Crippen LogP contribution in [-0.2, 0) is 4.74 Å². The topological polar surface area (TPSA) is 35.5 Å². The molecule has 0 spiro atoms. The van der Waals surface area contributed by atoms with Crippen LogP contribution < -0.4 is 4.74 Å². The van der Waals surface area contributed by atoms with Gasteiger partial charge in [-0.1, -0.05) is 29.8 Å². The Balaban J connectivity index is 1.89. The van der Waals surface area contributed by atoms with Crippen LogP contribution in [0, 0.1) is 6.92 Å². The van der Waals surface area contributed by atoms with Crippen LogP contribution >= 0.6 is 11.6 Å². The Kier molecular flexibility index (Phi) is 3.20. The zero-order valence-electron chi connectivity index (χ0n) is 10.7. The molecule has 3 rings (SSSR count). The summed E-state index contributed by atoms with van der Waals surface area (Å²) in [6.45, 7) is 1.90. The van der Waals surface area contributed by atoms with Crippen LogP contribution in [0.2, 0.25) is 5.02 Å². The molecular formula is C16H11ClO3. The number of hydrogen-bond donors (Lipinski definition) is 0. The lowest BCUT2D eigenvalue weighted by atomic mass is 10.1. The third kappa shape index (κ3) is 2.28. The van der Waals surface area contributed by atoms with Crippen LogP contribution in [0.5, 0.6) is 5.75 Å². The highest BCUT2D eigenvalue weighted by Gasteiger charge is 2.26. The fourth-order valence-corrected chi connectivity index (χ4v) is 2.26. The van der Waals surface area contributed by atoms with E-state index in [1.54, 1.807) is 24.3 Å². The van der Waals surface area contributed by atoms with Crippen molar-refractivity contribution in [2.24, 2.45) is 0 Å². The van der Waals surface area contributed by atoms with E-state index < -0.39 is 0 Å². The summed E-state index contributed by atoms with van der Waals surface area (Å²) in [6.07, 6.45) is 1.44. The zero-order chi connectivity index (χ0) is 14.1. The summed E-state index contributed by atoms with van der Waals surface area (Å²) in [7, 11) is 0. The van der Waals surface area contributed by atoms with Crippen molar-refractivity contribution in [3.63, 3.8) is 0 Å². The van der Waals surface area contributed by atoms with Gasteiger partial charge in [0.1, 0.15) is 12.0 Å². The van der Waals surface area contributed by atoms with Gasteiger partial charge >= 0.3 is 5.97 Å². The second-order valence-corrected chi connectivity index (χ2v) is 4.88. The van der Waals surface area contributed by atoms with Crippen molar-refractivity contribution < 1.29 is 14.3 Å². The largest absolute Gasteiger partial charge is 0.461 e. The molecule has 0 aromatic heterocycles. The van der Waals surface area contributed by atoms with E-state index in [-0.39, 0.29) is 5.97 Å². The smallest absolute Gasteiger partial charge is 0.344 e. The fraction of sp³-hybridized carbons (Fsp3) is 0.0625. The summed E-state index contributed by atoms with van der Waals surface area (Å²) in [5.74, 6) is 0.727. The molecule has 1 aliphatic heterocycles. The molecule has 0 saturated carbocycles. The molecule has 0 aliphatic carbocycles. The summed E-state index contributed by atoms with van der Waals surface area (Å²) >= 11 is 5.89. The molecule has 0 unspecified atom stereocenters. The monoisotopic (exact) mass is 286 g/mol. The summed E-state index contributed by atoms with van der Waals surface area (Å²) in [5.41, 5.74) is 2.20. The Morgan fingerprint density at radius 2 is 1.90 bits per heavy atom. The van der Waals surface area contributed by atoms with Crippen LogP contribution in [0.4, 0.5) is 0 Å². The molecule has 3 nitrogen and oxygen atoms in total. The number of fused-ring (bicyclic) bond motifs is 1. The molecule has 1 aliphatic rings. The zero-order valence-corrected chi connectivity index (χ0v) is 11.5. The summed E-state index contributed by atoms with van der Waals surface area (Å²) < 4.78 is 10.8. The van der Waals surface area contributed by atoms with Gasteiger partial charge in [-0.2, -0.15) is 0 Å². The first-order chi connectivity index (χ1) is 9.65. The summed E-state index contributed by atoms with van der Waals surface area (Å²) in [6, 6.07) is 12.5. The van der Waals surface area contributed by atoms with Crippen molar-refractivity contribution in [2.75, 3.05) is 0 Å². The number of benzene rings is 2. The Morgan fingerprint density at radius 1 is 1.15 bits per heavy atom. The predicted molar refractivity (Wildman–Crippen MR) is 76.7 cm³/mol. The molecule has 20 heavy (non-hydrogen) atoms. The predicted octanol–water partition coefficient (Wildman–Crippen LogP) is 4.20. The van der Waals surface area contributed by atoms with Crippen LogP contribution in [0.25, 0.3) is 5.76 Å². The number of ether oxygens (including phenoxy) is 2. The number of carbonyl (C=O) groups excluding carboxylic acids is 1. The first-order valence-electron chi connectivity index (χ1n) is 6.10. The minimum absolute atomic E-state index is 0.358. The second kappa shape index (κ2) is 5.02. The molecule has 0 atom stereocenters. The van der Waals surface area contributed by atoms with Gasteiger partial charge in [0.15, 0.2) is 5.76 Å². The third-order valence-electron chi connectivity index (χ3n) is 3.05. The van der Waals surface area contributed by atoms with Gasteiger partial charge in [-0.05, 0) is 36.8 Å². The van der Waals surface area contributed by atoms with Gasteiger partial charge in [-0.25, -0.2) is 4.79 Å². The standard InChI is InChI=1S/C16H11ClO3/c1-10-8-11(17)6-7-14(10)19-9-15-12-4-2-3-5-13(12)16(18)20-15/h2-9H,1H3. The Hall–Kier alpha value is -2.26. The number of cyclic esters (lactones) is 1. The van der Waals surface area contributed by atoms with E-state index in [1.807, 2.05) is 25.1 Å². The third-order valence-corrected chi connectivity index (χ3v) is 3.28. The van der Waals surface area contributed by atoms with E-state index in [4.69, 9.17) is 21.1 Å². The fourth-order valence-electron chi connectivity index (χ4n) is 2.04. The van der Waals surface area contributed by atoms with Crippen molar-refractivity contribution in [2.45, 2.75) is 6.92 Å². The highest BCUT2D eigenvalue weighted by atomic mass is 35.5. The molecule has 0 amide bonds. The van der Waals surface area contributed by atoms with Gasteiger partial charge in [-0.3, -0.25) is 0 Å². The average Bonchev–Trinajstić information content (AvgIpc) is 2.75. The van der Waals surface area contributed by atoms with Gasteiger partial charge in [0.05, 0.1) is 5.56 Å². The Morgan fingerprint density at radius 3 is 2.65 bits per heavy atom. The van der Waals surface area contributed by atoms with Crippen LogP contribution in [-0.4, -0.2) is 5.97 Å². The van der Waals surface area contributed by atoms with Crippen molar-refractivity contribution >= 4 is 23.3 Å². The Labute approximate surface area is 121 Å². The molecule has 0 saturated heterocycles. The van der Waals surface area contributed by atoms with Gasteiger partial charge < -0.3 is 9.47 Å². The molecule has 2 aromatic carbocycles. The first-order valence-corrected chi connectivity index (χ1v) is 6.47. The van der Waals surface area contributed by atoms with Crippen molar-refractivity contribution in [1.29, 1.82) is 0 Å². The SMILES string of the molecule is Cc1cc(Cl)ccc1OC=C1OC(=O)c2ccccc21. The van der Waals surface area contributed by atoms with Crippen LogP contribution in [0.1, 0.15) is 21.5 Å². The maximum Gasteiger partial charge on any atom is 0.344 e. The van der Waals surface area contributed by atoms with E-state index in [9.17, 15) is 4.79 Å². The highest BCUT2D eigenvalue weighted by Crippen LogP contribution is 2.30. The van der Waals surface area contributed by atoms with E-state index in [0.717, 1.165) is 11.1 Å². The normalized spacial score (nSPS) is 15.1. The van der Waals surface area contributed by atoms with E-state index in [0.29, 0.717) is 22.1 Å². The van der Waals surface area contributed by atoms with E-state index in [2.05, 4.69) is 0 Å². The van der Waals surface area contributed by atoms with Crippen molar-refractivity contribution in [1.82, 2.24) is 0 Å². The minimum Gasteiger partial charge on any atom is -0.461 e. The molecule has 100 valence electrons. The van der Waals surface area contributed by atoms with Gasteiger partial charge in [0.25, 0.3) is 0 Å². The quantitative estimate of drug-likeness (QED) is 0.613. The molecule has 0 bridgehead atoms. The summed E-state index contributed by atoms with van der Waals surface area (Å²) in [5, 5.41) is 0.653. The molecule has 1 heterocycles. The lowest BCUT2D eigenvalue weighted by Crippen LogP contribution is -1.93. The number of hydrogen-bond acceptors (Lipinski definition) is 3. The maximum absolute atomic E-state index is 11.7.